The number of ketones is 1. The average Bonchev–Trinajstić information content (AvgIpc) is 2.77. The van der Waals surface area contributed by atoms with Gasteiger partial charge in [-0.3, -0.25) is 14.6 Å². The van der Waals surface area contributed by atoms with Crippen molar-refractivity contribution >= 4 is 28.1 Å². The number of benzene rings is 1. The number of pyridine rings is 2. The van der Waals surface area contributed by atoms with Crippen LogP contribution in [0.15, 0.2) is 59.7 Å². The fourth-order valence-corrected chi connectivity index (χ4v) is 3.33. The van der Waals surface area contributed by atoms with Crippen LogP contribution in [0.5, 0.6) is 5.88 Å². The van der Waals surface area contributed by atoms with Gasteiger partial charge in [0, 0.05) is 23.7 Å². The van der Waals surface area contributed by atoms with Gasteiger partial charge >= 0.3 is 0 Å². The fraction of sp³-hybridized carbons (Fsp3) is 0.136. The first-order chi connectivity index (χ1) is 14.5. The molecule has 0 spiro atoms. The predicted molar refractivity (Wildman–Crippen MR) is 114 cm³/mol. The van der Waals surface area contributed by atoms with Crippen molar-refractivity contribution in [2.24, 2.45) is 0 Å². The van der Waals surface area contributed by atoms with Crippen molar-refractivity contribution in [3.63, 3.8) is 0 Å². The monoisotopic (exact) mass is 401 g/mol. The number of aromatic nitrogens is 4. The van der Waals surface area contributed by atoms with Gasteiger partial charge in [0.15, 0.2) is 5.78 Å². The van der Waals surface area contributed by atoms with Crippen LogP contribution in [0.3, 0.4) is 0 Å². The van der Waals surface area contributed by atoms with Crippen LogP contribution in [0.1, 0.15) is 24.2 Å². The molecule has 0 saturated heterocycles. The van der Waals surface area contributed by atoms with Crippen LogP contribution in [-0.4, -0.2) is 30.6 Å². The number of carbonyl (C=O) groups excluding carboxylic acids is 1. The Morgan fingerprint density at radius 3 is 2.60 bits per heavy atom. The lowest BCUT2D eigenvalue weighted by atomic mass is 10.0. The minimum atomic E-state index is -0.424. The van der Waals surface area contributed by atoms with Crippen molar-refractivity contribution in [2.45, 2.75) is 20.4 Å². The molecular weight excluding hydrogens is 382 g/mol. The zero-order chi connectivity index (χ0) is 21.3. The van der Waals surface area contributed by atoms with E-state index >= 15 is 0 Å². The Hall–Kier alpha value is -4.07. The Labute approximate surface area is 171 Å². The molecule has 30 heavy (non-hydrogen) atoms. The van der Waals surface area contributed by atoms with Gasteiger partial charge in [-0.15, -0.1) is 0 Å². The Bertz CT molecular complexity index is 1320. The number of fused-ring (bicyclic) bond motifs is 1. The Morgan fingerprint density at radius 2 is 1.90 bits per heavy atom. The Morgan fingerprint density at radius 1 is 1.13 bits per heavy atom. The number of rotatable bonds is 5. The van der Waals surface area contributed by atoms with Crippen molar-refractivity contribution in [1.82, 2.24) is 19.7 Å². The minimum Gasteiger partial charge on any atom is -0.492 e. The third kappa shape index (κ3) is 3.28. The molecule has 0 amide bonds. The first-order valence-electron chi connectivity index (χ1n) is 9.42. The van der Waals surface area contributed by atoms with E-state index in [-0.39, 0.29) is 22.9 Å². The van der Waals surface area contributed by atoms with E-state index in [9.17, 15) is 14.7 Å². The van der Waals surface area contributed by atoms with Gasteiger partial charge < -0.3 is 10.4 Å². The molecule has 4 aromatic rings. The first-order valence-corrected chi connectivity index (χ1v) is 9.42. The number of carbonyl (C=O) groups is 1. The van der Waals surface area contributed by atoms with E-state index in [0.29, 0.717) is 28.8 Å². The Kier molecular flexibility index (Phi) is 4.97. The first kappa shape index (κ1) is 19.3. The molecule has 0 aliphatic carbocycles. The summed E-state index contributed by atoms with van der Waals surface area (Å²) >= 11 is 0. The van der Waals surface area contributed by atoms with Crippen molar-refractivity contribution in [3.05, 3.63) is 70.8 Å². The van der Waals surface area contributed by atoms with E-state index in [4.69, 9.17) is 0 Å². The average molecular weight is 401 g/mol. The highest BCUT2D eigenvalue weighted by molar-refractivity contribution is 6.06. The molecule has 0 fully saturated rings. The highest BCUT2D eigenvalue weighted by Crippen LogP contribution is 2.31. The number of hydrogen-bond acceptors (Lipinski definition) is 7. The minimum absolute atomic E-state index is 0.107. The van der Waals surface area contributed by atoms with Gasteiger partial charge in [-0.25, -0.2) is 9.67 Å². The van der Waals surface area contributed by atoms with Gasteiger partial charge in [0.1, 0.15) is 16.9 Å². The van der Waals surface area contributed by atoms with Gasteiger partial charge in [-0.1, -0.05) is 30.3 Å². The van der Waals surface area contributed by atoms with Gasteiger partial charge in [-0.2, -0.15) is 5.10 Å². The molecule has 0 radical (unpaired) electrons. The zero-order valence-electron chi connectivity index (χ0n) is 16.5. The number of nitrogens with one attached hydrogen (secondary N) is 1. The van der Waals surface area contributed by atoms with E-state index in [1.165, 1.54) is 17.8 Å². The van der Waals surface area contributed by atoms with Crippen LogP contribution in [0.25, 0.3) is 22.2 Å². The van der Waals surface area contributed by atoms with E-state index in [1.54, 1.807) is 18.3 Å². The molecule has 0 aliphatic heterocycles. The quantitative estimate of drug-likeness (QED) is 0.492. The molecule has 8 nitrogen and oxygen atoms in total. The van der Waals surface area contributed by atoms with E-state index < -0.39 is 5.56 Å². The molecule has 0 aliphatic rings. The molecule has 1 aromatic carbocycles. The van der Waals surface area contributed by atoms with Crippen LogP contribution in [-0.2, 0) is 6.54 Å². The third-order valence-electron chi connectivity index (χ3n) is 4.74. The lowest BCUT2D eigenvalue weighted by Crippen LogP contribution is -2.28. The topological polar surface area (TPSA) is 110 Å². The number of aromatic hydroxyl groups is 1. The largest absolute Gasteiger partial charge is 0.492 e. The summed E-state index contributed by atoms with van der Waals surface area (Å²) in [5, 5.41) is 18.1. The van der Waals surface area contributed by atoms with Crippen molar-refractivity contribution in [3.8, 4) is 17.1 Å². The van der Waals surface area contributed by atoms with E-state index in [0.717, 1.165) is 5.56 Å². The lowest BCUT2D eigenvalue weighted by molar-refractivity contribution is 0.101. The maximum absolute atomic E-state index is 13.1. The molecule has 0 bridgehead atoms. The molecule has 0 saturated carbocycles. The normalized spacial score (nSPS) is 10.9. The van der Waals surface area contributed by atoms with E-state index in [2.05, 4.69) is 20.4 Å². The molecule has 2 N–H and O–H groups in total. The van der Waals surface area contributed by atoms with Crippen LogP contribution < -0.4 is 10.9 Å². The molecule has 0 atom stereocenters. The SMILES string of the molecule is CCn1nc(-c2ccccc2)c(C(C)=O)c(Nc2cnc(O)c3ncccc23)c1=O. The van der Waals surface area contributed by atoms with Crippen LogP contribution >= 0.6 is 0 Å². The smallest absolute Gasteiger partial charge is 0.291 e. The van der Waals surface area contributed by atoms with Crippen molar-refractivity contribution < 1.29 is 9.90 Å². The highest BCUT2D eigenvalue weighted by Gasteiger charge is 2.22. The molecular formula is C22H19N5O3. The maximum atomic E-state index is 13.1. The van der Waals surface area contributed by atoms with Crippen molar-refractivity contribution in [1.29, 1.82) is 0 Å². The lowest BCUT2D eigenvalue weighted by Gasteiger charge is -2.17. The second kappa shape index (κ2) is 7.75. The van der Waals surface area contributed by atoms with Crippen molar-refractivity contribution in [2.75, 3.05) is 5.32 Å². The standard InChI is InChI=1S/C22H19N5O3/c1-3-27-22(30)20(17(13(2)28)18(26-27)14-8-5-4-6-9-14)25-16-12-24-21(29)19-15(16)10-7-11-23-19/h4-12,25H,3H2,1-2H3,(H,24,29). The third-order valence-corrected chi connectivity index (χ3v) is 4.74. The summed E-state index contributed by atoms with van der Waals surface area (Å²) < 4.78 is 1.31. The van der Waals surface area contributed by atoms with Crippen LogP contribution in [0.2, 0.25) is 0 Å². The summed E-state index contributed by atoms with van der Waals surface area (Å²) in [5.41, 5.74) is 1.76. The van der Waals surface area contributed by atoms with Crippen LogP contribution in [0.4, 0.5) is 11.4 Å². The summed E-state index contributed by atoms with van der Waals surface area (Å²) in [6, 6.07) is 12.7. The van der Waals surface area contributed by atoms with Gasteiger partial charge in [-0.05, 0) is 26.0 Å². The summed E-state index contributed by atoms with van der Waals surface area (Å²) in [7, 11) is 0. The predicted octanol–water partition coefficient (Wildman–Crippen LogP) is 3.53. The summed E-state index contributed by atoms with van der Waals surface area (Å²) in [4.78, 5) is 33.8. The highest BCUT2D eigenvalue weighted by atomic mass is 16.3. The molecule has 3 aromatic heterocycles. The molecule has 3 heterocycles. The number of nitrogens with zero attached hydrogens (tertiary/aromatic N) is 4. The van der Waals surface area contributed by atoms with Crippen LogP contribution in [0, 0.1) is 0 Å². The Balaban J connectivity index is 2.00. The fourth-order valence-electron chi connectivity index (χ4n) is 3.33. The molecule has 150 valence electrons. The number of anilines is 2. The zero-order valence-corrected chi connectivity index (χ0v) is 16.5. The van der Waals surface area contributed by atoms with Gasteiger partial charge in [0.25, 0.3) is 5.56 Å². The van der Waals surface area contributed by atoms with E-state index in [1.807, 2.05) is 37.3 Å². The summed E-state index contributed by atoms with van der Waals surface area (Å²) in [6.07, 6.45) is 2.94. The van der Waals surface area contributed by atoms with Gasteiger partial charge in [0.2, 0.25) is 5.88 Å². The molecule has 0 unspecified atom stereocenters. The second-order valence-electron chi connectivity index (χ2n) is 6.66. The van der Waals surface area contributed by atoms with Gasteiger partial charge in [0.05, 0.1) is 17.4 Å². The number of Topliss-reactive ketones (excluding diaryl/α,β-unsaturated/α-hetero) is 1. The molecule has 4 rings (SSSR count). The number of aryl methyl sites for hydroxylation is 1. The second-order valence-corrected chi connectivity index (χ2v) is 6.66. The summed E-state index contributed by atoms with van der Waals surface area (Å²) in [5.74, 6) is -0.507. The maximum Gasteiger partial charge on any atom is 0.291 e. The summed E-state index contributed by atoms with van der Waals surface area (Å²) in [6.45, 7) is 3.54. The molecule has 8 heteroatoms. The number of hydrogen-bond donors (Lipinski definition) is 2.